The molecule has 3 rings (SSSR count). The number of rotatable bonds is 2. The number of nitrogens with zero attached hydrogens (tertiary/aromatic N) is 3. The minimum absolute atomic E-state index is 0.471. The highest BCUT2D eigenvalue weighted by Gasteiger charge is 2.25. The van der Waals surface area contributed by atoms with Gasteiger partial charge in [0.2, 0.25) is 0 Å². The zero-order chi connectivity index (χ0) is 17.1. The van der Waals surface area contributed by atoms with Gasteiger partial charge in [0.1, 0.15) is 5.82 Å². The summed E-state index contributed by atoms with van der Waals surface area (Å²) < 4.78 is 0. The number of aromatic amines is 1. The Kier molecular flexibility index (Phi) is 4.59. The molecular formula is C17H21N5O2. The van der Waals surface area contributed by atoms with Crippen molar-refractivity contribution in [3.05, 3.63) is 30.1 Å². The van der Waals surface area contributed by atoms with Gasteiger partial charge in [-0.25, -0.2) is 4.98 Å². The summed E-state index contributed by atoms with van der Waals surface area (Å²) in [5.41, 5.74) is 1.33. The first-order chi connectivity index (χ1) is 11.5. The molecule has 7 nitrogen and oxygen atoms in total. The number of carbonyl (C=O) groups excluding carboxylic acids is 2. The first-order valence-corrected chi connectivity index (χ1v) is 8.12. The van der Waals surface area contributed by atoms with Gasteiger partial charge in [0.05, 0.1) is 0 Å². The van der Waals surface area contributed by atoms with E-state index in [0.29, 0.717) is 36.3 Å². The molecule has 2 N–H and O–H groups in total. The minimum Gasteiger partial charge on any atom is -0.334 e. The van der Waals surface area contributed by atoms with Crippen molar-refractivity contribution in [2.24, 2.45) is 5.92 Å². The van der Waals surface area contributed by atoms with E-state index in [2.05, 4.69) is 27.4 Å². The highest BCUT2D eigenvalue weighted by molar-refractivity contribution is 6.39. The van der Waals surface area contributed by atoms with Crippen molar-refractivity contribution in [3.8, 4) is 11.4 Å². The van der Waals surface area contributed by atoms with E-state index >= 15 is 0 Å². The van der Waals surface area contributed by atoms with E-state index in [9.17, 15) is 9.59 Å². The SMILES string of the molecule is Cc1nc(-c2cccc(NC(=O)C(=O)N3CCC(C)CC3)c2)n[nH]1. The van der Waals surface area contributed by atoms with Crippen molar-refractivity contribution >= 4 is 17.5 Å². The summed E-state index contributed by atoms with van der Waals surface area (Å²) in [4.78, 5) is 30.3. The van der Waals surface area contributed by atoms with Crippen LogP contribution < -0.4 is 5.32 Å². The van der Waals surface area contributed by atoms with E-state index in [0.717, 1.165) is 18.4 Å². The fourth-order valence-corrected chi connectivity index (χ4v) is 2.75. The van der Waals surface area contributed by atoms with Crippen LogP contribution in [0.4, 0.5) is 5.69 Å². The fourth-order valence-electron chi connectivity index (χ4n) is 2.75. The number of likely N-dealkylation sites (tertiary alicyclic amines) is 1. The van der Waals surface area contributed by atoms with Crippen molar-refractivity contribution in [2.45, 2.75) is 26.7 Å². The molecule has 1 aliphatic rings. The summed E-state index contributed by atoms with van der Waals surface area (Å²) in [7, 11) is 0. The second-order valence-corrected chi connectivity index (χ2v) is 6.25. The average molecular weight is 327 g/mol. The van der Waals surface area contributed by atoms with E-state index in [1.807, 2.05) is 13.0 Å². The van der Waals surface area contributed by atoms with Gasteiger partial charge < -0.3 is 10.2 Å². The van der Waals surface area contributed by atoms with Crippen molar-refractivity contribution in [3.63, 3.8) is 0 Å². The Hall–Kier alpha value is -2.70. The molecule has 126 valence electrons. The summed E-state index contributed by atoms with van der Waals surface area (Å²) in [6.07, 6.45) is 1.89. The number of hydrogen-bond acceptors (Lipinski definition) is 4. The van der Waals surface area contributed by atoms with Gasteiger partial charge >= 0.3 is 11.8 Å². The molecule has 1 fully saturated rings. The van der Waals surface area contributed by atoms with Crippen LogP contribution in [-0.4, -0.2) is 45.0 Å². The molecule has 2 amide bonds. The van der Waals surface area contributed by atoms with E-state index < -0.39 is 11.8 Å². The van der Waals surface area contributed by atoms with Gasteiger partial charge in [-0.15, -0.1) is 0 Å². The Labute approximate surface area is 140 Å². The Morgan fingerprint density at radius 3 is 2.71 bits per heavy atom. The predicted octanol–water partition coefficient (Wildman–Crippen LogP) is 1.98. The maximum absolute atomic E-state index is 12.3. The number of nitrogens with one attached hydrogen (secondary N) is 2. The van der Waals surface area contributed by atoms with Crippen LogP contribution in [-0.2, 0) is 9.59 Å². The molecule has 1 saturated heterocycles. The lowest BCUT2D eigenvalue weighted by Crippen LogP contribution is -2.43. The topological polar surface area (TPSA) is 91.0 Å². The lowest BCUT2D eigenvalue weighted by atomic mass is 9.99. The minimum atomic E-state index is -0.604. The number of hydrogen-bond donors (Lipinski definition) is 2. The van der Waals surface area contributed by atoms with Gasteiger partial charge in [0.15, 0.2) is 5.82 Å². The van der Waals surface area contributed by atoms with E-state index in [1.54, 1.807) is 23.1 Å². The zero-order valence-corrected chi connectivity index (χ0v) is 13.9. The summed E-state index contributed by atoms with van der Waals surface area (Å²) in [5.74, 6) is 0.807. The fraction of sp³-hybridized carbons (Fsp3) is 0.412. The van der Waals surface area contributed by atoms with Gasteiger partial charge in [-0.1, -0.05) is 19.1 Å². The first kappa shape index (κ1) is 16.2. The average Bonchev–Trinajstić information content (AvgIpc) is 3.02. The third-order valence-corrected chi connectivity index (χ3v) is 4.24. The summed E-state index contributed by atoms with van der Waals surface area (Å²) in [5, 5.41) is 9.55. The van der Waals surface area contributed by atoms with Crippen LogP contribution in [0.3, 0.4) is 0 Å². The molecule has 0 spiro atoms. The third kappa shape index (κ3) is 3.61. The molecule has 0 atom stereocenters. The Bertz CT molecular complexity index is 747. The Morgan fingerprint density at radius 2 is 2.04 bits per heavy atom. The van der Waals surface area contributed by atoms with Crippen molar-refractivity contribution < 1.29 is 9.59 Å². The molecule has 2 aromatic rings. The van der Waals surface area contributed by atoms with Crippen LogP contribution in [0.1, 0.15) is 25.6 Å². The lowest BCUT2D eigenvalue weighted by Gasteiger charge is -2.29. The normalized spacial score (nSPS) is 15.3. The number of aryl methyl sites for hydroxylation is 1. The van der Waals surface area contributed by atoms with Gasteiger partial charge in [-0.05, 0) is 37.8 Å². The van der Waals surface area contributed by atoms with Gasteiger partial charge in [-0.2, -0.15) is 5.10 Å². The monoisotopic (exact) mass is 327 g/mol. The van der Waals surface area contributed by atoms with Crippen LogP contribution in [0.5, 0.6) is 0 Å². The second kappa shape index (κ2) is 6.82. The van der Waals surface area contributed by atoms with Gasteiger partial charge in [0.25, 0.3) is 0 Å². The standard InChI is InChI=1S/C17H21N5O2/c1-11-6-8-22(9-7-11)17(24)16(23)19-14-5-3-4-13(10-14)15-18-12(2)20-21-15/h3-5,10-11H,6-9H2,1-2H3,(H,19,23)(H,18,20,21). The molecule has 0 radical (unpaired) electrons. The highest BCUT2D eigenvalue weighted by Crippen LogP contribution is 2.20. The van der Waals surface area contributed by atoms with Crippen molar-refractivity contribution in [1.29, 1.82) is 0 Å². The summed E-state index contributed by atoms with van der Waals surface area (Å²) in [6.45, 7) is 5.27. The second-order valence-electron chi connectivity index (χ2n) is 6.25. The number of benzene rings is 1. The molecule has 0 unspecified atom stereocenters. The molecule has 24 heavy (non-hydrogen) atoms. The maximum Gasteiger partial charge on any atom is 0.313 e. The molecule has 1 aromatic carbocycles. The van der Waals surface area contributed by atoms with E-state index in [1.165, 1.54) is 0 Å². The van der Waals surface area contributed by atoms with Crippen LogP contribution in [0, 0.1) is 12.8 Å². The smallest absolute Gasteiger partial charge is 0.313 e. The molecule has 1 aliphatic heterocycles. The maximum atomic E-state index is 12.3. The molecular weight excluding hydrogens is 306 g/mol. The predicted molar refractivity (Wildman–Crippen MR) is 90.2 cm³/mol. The summed E-state index contributed by atoms with van der Waals surface area (Å²) in [6, 6.07) is 7.15. The molecule has 7 heteroatoms. The highest BCUT2D eigenvalue weighted by atomic mass is 16.2. The van der Waals surface area contributed by atoms with Crippen LogP contribution in [0.2, 0.25) is 0 Å². The Balaban J connectivity index is 1.67. The van der Waals surface area contributed by atoms with Crippen LogP contribution in [0.25, 0.3) is 11.4 Å². The lowest BCUT2D eigenvalue weighted by molar-refractivity contribution is -0.144. The number of aromatic nitrogens is 3. The van der Waals surface area contributed by atoms with Crippen LogP contribution >= 0.6 is 0 Å². The molecule has 0 aliphatic carbocycles. The molecule has 0 bridgehead atoms. The van der Waals surface area contributed by atoms with E-state index in [4.69, 9.17) is 0 Å². The molecule has 0 saturated carbocycles. The third-order valence-electron chi connectivity index (χ3n) is 4.24. The Morgan fingerprint density at radius 1 is 1.29 bits per heavy atom. The zero-order valence-electron chi connectivity index (χ0n) is 13.9. The number of amides is 2. The number of anilines is 1. The van der Waals surface area contributed by atoms with Crippen molar-refractivity contribution in [1.82, 2.24) is 20.1 Å². The number of H-pyrrole nitrogens is 1. The van der Waals surface area contributed by atoms with Gasteiger partial charge in [0, 0.05) is 24.3 Å². The van der Waals surface area contributed by atoms with Crippen molar-refractivity contribution in [2.75, 3.05) is 18.4 Å². The summed E-state index contributed by atoms with van der Waals surface area (Å²) >= 11 is 0. The largest absolute Gasteiger partial charge is 0.334 e. The molecule has 1 aromatic heterocycles. The number of carbonyl (C=O) groups is 2. The quantitative estimate of drug-likeness (QED) is 0.825. The van der Waals surface area contributed by atoms with E-state index in [-0.39, 0.29) is 0 Å². The van der Waals surface area contributed by atoms with Crippen LogP contribution in [0.15, 0.2) is 24.3 Å². The molecule has 2 heterocycles. The van der Waals surface area contributed by atoms with Gasteiger partial charge in [-0.3, -0.25) is 14.7 Å². The number of piperidine rings is 1. The first-order valence-electron chi connectivity index (χ1n) is 8.12.